The number of aldehydes is 1. The van der Waals surface area contributed by atoms with E-state index in [1.807, 2.05) is 19.2 Å². The van der Waals surface area contributed by atoms with Gasteiger partial charge in [0.15, 0.2) is 0 Å². The Bertz CT molecular complexity index is 880. The molecule has 0 heterocycles. The summed E-state index contributed by atoms with van der Waals surface area (Å²) >= 11 is 0. The summed E-state index contributed by atoms with van der Waals surface area (Å²) in [7, 11) is 1.98. The van der Waals surface area contributed by atoms with Crippen LogP contribution in [0.15, 0.2) is 18.2 Å². The number of hydrogen-bond acceptors (Lipinski definition) is 6. The highest BCUT2D eigenvalue weighted by Crippen LogP contribution is 2.61. The second kappa shape index (κ2) is 12.7. The Hall–Kier alpha value is -2.21. The molecule has 194 valence electrons. The zero-order valence-electron chi connectivity index (χ0n) is 21.9. The molecule has 1 aromatic carbocycles. The van der Waals surface area contributed by atoms with Gasteiger partial charge < -0.3 is 19.6 Å². The lowest BCUT2D eigenvalue weighted by molar-refractivity contribution is -0.154. The van der Waals surface area contributed by atoms with E-state index in [1.54, 1.807) is 0 Å². The molecule has 5 atom stereocenters. The van der Waals surface area contributed by atoms with Gasteiger partial charge >= 0.3 is 11.9 Å². The number of nitrogens with one attached hydrogen (secondary N) is 1. The fraction of sp³-hybridized carbons (Fsp3) is 0.690. The van der Waals surface area contributed by atoms with Crippen LogP contribution in [0.25, 0.3) is 0 Å². The van der Waals surface area contributed by atoms with Crippen molar-refractivity contribution in [2.45, 2.75) is 97.0 Å². The Morgan fingerprint density at radius 2 is 2.00 bits per heavy atom. The fourth-order valence-electron chi connectivity index (χ4n) is 6.68. The van der Waals surface area contributed by atoms with Crippen molar-refractivity contribution in [1.82, 2.24) is 5.32 Å². The van der Waals surface area contributed by atoms with Gasteiger partial charge in [0.1, 0.15) is 18.1 Å². The van der Waals surface area contributed by atoms with Crippen LogP contribution < -0.4 is 10.1 Å². The van der Waals surface area contributed by atoms with Crippen LogP contribution in [0.1, 0.15) is 95.6 Å². The van der Waals surface area contributed by atoms with Crippen molar-refractivity contribution >= 4 is 18.2 Å². The maximum atomic E-state index is 11.8. The largest absolute Gasteiger partial charge is 0.462 e. The van der Waals surface area contributed by atoms with Gasteiger partial charge in [0.2, 0.25) is 0 Å². The number of fused-ring (bicyclic) bond motifs is 5. The van der Waals surface area contributed by atoms with Crippen LogP contribution in [0.4, 0.5) is 0 Å². The van der Waals surface area contributed by atoms with E-state index in [-0.39, 0.29) is 36.3 Å². The maximum Gasteiger partial charge on any atom is 0.311 e. The maximum absolute atomic E-state index is 11.8. The molecule has 0 bridgehead atoms. The molecule has 0 amide bonds. The van der Waals surface area contributed by atoms with Gasteiger partial charge in [0.25, 0.3) is 0 Å². The second-order valence-electron chi connectivity index (χ2n) is 10.6. The number of rotatable bonds is 8. The minimum atomic E-state index is -0.360. The standard InChI is InChI=1S/C24H30O5.C5H13N/c1-15(26)28-22-10-9-21-20-7-5-16-14-17(29-23(27)4-3-13-25)6-8-18(16)19(20)11-12-24(21,22)2;1-3-4-5-6-2/h6,8,13-14,19-22H,3-5,7,9-12H2,1-2H3;6H,3-5H2,1-2H3. The first kappa shape index (κ1) is 27.4. The van der Waals surface area contributed by atoms with E-state index in [2.05, 4.69) is 25.2 Å². The smallest absolute Gasteiger partial charge is 0.311 e. The summed E-state index contributed by atoms with van der Waals surface area (Å²) in [6, 6.07) is 6.04. The van der Waals surface area contributed by atoms with E-state index in [9.17, 15) is 14.4 Å². The molecule has 4 rings (SSSR count). The van der Waals surface area contributed by atoms with E-state index < -0.39 is 0 Å². The molecule has 5 unspecified atom stereocenters. The quantitative estimate of drug-likeness (QED) is 0.231. The SMILES string of the molecule is CC(=O)OC1CCC2C3CCc4cc(OC(=O)CCC=O)ccc4C3CCC12C.CCCCNC. The van der Waals surface area contributed by atoms with E-state index in [1.165, 1.54) is 30.9 Å². The van der Waals surface area contributed by atoms with E-state index in [0.29, 0.717) is 23.5 Å². The van der Waals surface area contributed by atoms with Crippen molar-refractivity contribution < 1.29 is 23.9 Å². The minimum absolute atomic E-state index is 0.0560. The van der Waals surface area contributed by atoms with Crippen LogP contribution in [0.2, 0.25) is 0 Å². The summed E-state index contributed by atoms with van der Waals surface area (Å²) in [6.45, 7) is 7.20. The van der Waals surface area contributed by atoms with Crippen molar-refractivity contribution in [3.8, 4) is 5.75 Å². The third-order valence-electron chi connectivity index (χ3n) is 8.40. The molecule has 3 aliphatic rings. The monoisotopic (exact) mass is 485 g/mol. The van der Waals surface area contributed by atoms with Gasteiger partial charge in [-0.15, -0.1) is 0 Å². The van der Waals surface area contributed by atoms with Crippen LogP contribution in [-0.2, 0) is 25.5 Å². The van der Waals surface area contributed by atoms with Gasteiger partial charge in [0.05, 0.1) is 6.42 Å². The molecule has 6 nitrogen and oxygen atoms in total. The Morgan fingerprint density at radius 3 is 2.66 bits per heavy atom. The molecular weight excluding hydrogens is 442 g/mol. The Balaban J connectivity index is 0.000000509. The van der Waals surface area contributed by atoms with Gasteiger partial charge in [-0.3, -0.25) is 9.59 Å². The Morgan fingerprint density at radius 1 is 1.20 bits per heavy atom. The highest BCUT2D eigenvalue weighted by atomic mass is 16.5. The first-order valence-corrected chi connectivity index (χ1v) is 13.4. The first-order chi connectivity index (χ1) is 16.8. The van der Waals surface area contributed by atoms with Crippen molar-refractivity contribution in [3.63, 3.8) is 0 Å². The number of aryl methyl sites for hydroxylation is 1. The summed E-state index contributed by atoms with van der Waals surface area (Å²) in [5, 5.41) is 3.07. The third kappa shape index (κ3) is 6.52. The molecule has 6 heteroatoms. The number of ether oxygens (including phenoxy) is 2. The lowest BCUT2D eigenvalue weighted by atomic mass is 9.55. The van der Waals surface area contributed by atoms with Gasteiger partial charge in [-0.1, -0.05) is 26.3 Å². The molecule has 0 aliphatic heterocycles. The number of carbonyl (C=O) groups excluding carboxylic acids is 3. The van der Waals surface area contributed by atoms with Crippen LogP contribution >= 0.6 is 0 Å². The number of unbranched alkanes of at least 4 members (excludes halogenated alkanes) is 1. The number of esters is 2. The van der Waals surface area contributed by atoms with Crippen LogP contribution in [0.3, 0.4) is 0 Å². The Labute approximate surface area is 210 Å². The molecule has 1 N–H and O–H groups in total. The molecule has 35 heavy (non-hydrogen) atoms. The zero-order chi connectivity index (χ0) is 25.4. The fourth-order valence-corrected chi connectivity index (χ4v) is 6.68. The zero-order valence-corrected chi connectivity index (χ0v) is 21.9. The van der Waals surface area contributed by atoms with Crippen molar-refractivity contribution in [1.29, 1.82) is 0 Å². The van der Waals surface area contributed by atoms with Gasteiger partial charge in [-0.2, -0.15) is 0 Å². The van der Waals surface area contributed by atoms with Crippen molar-refractivity contribution in [3.05, 3.63) is 29.3 Å². The molecular formula is C29H43NO5. The number of carbonyl (C=O) groups is 3. The highest BCUT2D eigenvalue weighted by molar-refractivity contribution is 5.75. The third-order valence-corrected chi connectivity index (χ3v) is 8.40. The first-order valence-electron chi connectivity index (χ1n) is 13.4. The van der Waals surface area contributed by atoms with Gasteiger partial charge in [-0.25, -0.2) is 0 Å². The normalized spacial score (nSPS) is 28.5. The summed E-state index contributed by atoms with van der Waals surface area (Å²) in [5.41, 5.74) is 2.77. The molecule has 0 aromatic heterocycles. The van der Waals surface area contributed by atoms with Crippen LogP contribution in [0.5, 0.6) is 5.75 Å². The summed E-state index contributed by atoms with van der Waals surface area (Å²) in [4.78, 5) is 33.8. The van der Waals surface area contributed by atoms with Crippen LogP contribution in [0, 0.1) is 17.3 Å². The molecule has 1 aromatic rings. The van der Waals surface area contributed by atoms with Crippen LogP contribution in [-0.4, -0.2) is 37.9 Å². The van der Waals surface area contributed by atoms with Gasteiger partial charge in [0, 0.05) is 18.8 Å². The average molecular weight is 486 g/mol. The van der Waals surface area contributed by atoms with Crippen molar-refractivity contribution in [2.24, 2.45) is 17.3 Å². The minimum Gasteiger partial charge on any atom is -0.462 e. The molecule has 2 saturated carbocycles. The summed E-state index contributed by atoms with van der Waals surface area (Å²) in [5.74, 6) is 1.81. The molecule has 2 fully saturated rings. The second-order valence-corrected chi connectivity index (χ2v) is 10.6. The molecule has 0 saturated heterocycles. The van der Waals surface area contributed by atoms with E-state index >= 15 is 0 Å². The molecule has 0 radical (unpaired) electrons. The summed E-state index contributed by atoms with van der Waals surface area (Å²) < 4.78 is 11.1. The number of hydrogen-bond donors (Lipinski definition) is 1. The summed E-state index contributed by atoms with van der Waals surface area (Å²) in [6.07, 6.45) is 10.1. The van der Waals surface area contributed by atoms with Gasteiger partial charge in [-0.05, 0) is 99.6 Å². The lowest BCUT2D eigenvalue weighted by Crippen LogP contribution is -2.45. The van der Waals surface area contributed by atoms with E-state index in [4.69, 9.17) is 9.47 Å². The van der Waals surface area contributed by atoms with Crippen molar-refractivity contribution in [2.75, 3.05) is 13.6 Å². The van der Waals surface area contributed by atoms with E-state index in [0.717, 1.165) is 51.4 Å². The molecule has 0 spiro atoms. The number of benzene rings is 1. The topological polar surface area (TPSA) is 81.7 Å². The molecule has 3 aliphatic carbocycles. The average Bonchev–Trinajstić information content (AvgIpc) is 3.17. The Kier molecular flexibility index (Phi) is 9.90. The predicted octanol–water partition coefficient (Wildman–Crippen LogP) is 5.36. The highest BCUT2D eigenvalue weighted by Gasteiger charge is 2.56. The lowest BCUT2D eigenvalue weighted by Gasteiger charge is -2.50. The predicted molar refractivity (Wildman–Crippen MR) is 136 cm³/mol.